The lowest BCUT2D eigenvalue weighted by atomic mass is 10.0. The highest BCUT2D eigenvalue weighted by Crippen LogP contribution is 2.19. The molecule has 0 saturated carbocycles. The summed E-state index contributed by atoms with van der Waals surface area (Å²) in [5.41, 5.74) is 3.56. The topological polar surface area (TPSA) is 77.1 Å². The molecule has 5 nitrogen and oxygen atoms in total. The van der Waals surface area contributed by atoms with Crippen LogP contribution >= 0.6 is 0 Å². The maximum absolute atomic E-state index is 11.2. The van der Waals surface area contributed by atoms with Gasteiger partial charge < -0.3 is 20.7 Å². The van der Waals surface area contributed by atoms with Crippen LogP contribution in [0.1, 0.15) is 17.5 Å². The van der Waals surface area contributed by atoms with Gasteiger partial charge in [0.05, 0.1) is 6.42 Å². The van der Waals surface area contributed by atoms with Crippen LogP contribution in [-0.4, -0.2) is 41.7 Å². The number of hydrogen-bond acceptors (Lipinski definition) is 3. The van der Waals surface area contributed by atoms with Crippen LogP contribution in [0.5, 0.6) is 0 Å². The molecule has 1 atom stereocenters. The molecule has 2 aromatic carbocycles. The summed E-state index contributed by atoms with van der Waals surface area (Å²) in [5.74, 6) is -0.774. The Morgan fingerprint density at radius 3 is 2.59 bits per heavy atom. The third-order valence-corrected chi connectivity index (χ3v) is 4.73. The summed E-state index contributed by atoms with van der Waals surface area (Å²) < 4.78 is 0. The second-order valence-electron chi connectivity index (χ2n) is 6.80. The highest BCUT2D eigenvalue weighted by molar-refractivity contribution is 5.83. The summed E-state index contributed by atoms with van der Waals surface area (Å²) in [5, 5.41) is 17.2. The molecule has 4 N–H and O–H groups in total. The molecule has 0 radical (unpaired) electrons. The van der Waals surface area contributed by atoms with E-state index >= 15 is 0 Å². The van der Waals surface area contributed by atoms with E-state index in [0.29, 0.717) is 6.42 Å². The summed E-state index contributed by atoms with van der Waals surface area (Å²) in [7, 11) is 0. The molecule has 3 aromatic rings. The van der Waals surface area contributed by atoms with Gasteiger partial charge in [-0.15, -0.1) is 0 Å². The number of benzene rings is 2. The molecular formula is C22H27N3O2. The van der Waals surface area contributed by atoms with E-state index in [9.17, 15) is 9.90 Å². The van der Waals surface area contributed by atoms with Gasteiger partial charge in [0.1, 0.15) is 0 Å². The number of nitrogens with one attached hydrogen (secondary N) is 3. The molecule has 3 rings (SSSR count). The van der Waals surface area contributed by atoms with E-state index in [-0.39, 0.29) is 12.5 Å². The number of aliphatic carboxylic acids is 1. The number of carboxylic acid groups (broad SMARTS) is 1. The van der Waals surface area contributed by atoms with Crippen molar-refractivity contribution in [3.05, 3.63) is 71.9 Å². The van der Waals surface area contributed by atoms with Crippen molar-refractivity contribution >= 4 is 16.9 Å². The number of para-hydroxylation sites is 1. The van der Waals surface area contributed by atoms with Crippen molar-refractivity contribution in [3.63, 3.8) is 0 Å². The molecule has 142 valence electrons. The van der Waals surface area contributed by atoms with Gasteiger partial charge in [0.25, 0.3) is 0 Å². The fourth-order valence-electron chi connectivity index (χ4n) is 3.36. The summed E-state index contributed by atoms with van der Waals surface area (Å²) in [4.78, 5) is 14.5. The van der Waals surface area contributed by atoms with Gasteiger partial charge in [0, 0.05) is 36.2 Å². The summed E-state index contributed by atoms with van der Waals surface area (Å²) in [6, 6.07) is 18.4. The lowest BCUT2D eigenvalue weighted by molar-refractivity contribution is -0.137. The van der Waals surface area contributed by atoms with E-state index in [1.165, 1.54) is 5.56 Å². The van der Waals surface area contributed by atoms with Crippen LogP contribution in [0.15, 0.2) is 60.8 Å². The number of H-pyrrole nitrogens is 1. The van der Waals surface area contributed by atoms with Crippen LogP contribution in [0, 0.1) is 0 Å². The molecular weight excluding hydrogens is 338 g/mol. The second kappa shape index (κ2) is 9.90. The molecule has 0 fully saturated rings. The van der Waals surface area contributed by atoms with Gasteiger partial charge >= 0.3 is 5.97 Å². The molecule has 0 aliphatic carbocycles. The number of aromatic nitrogens is 1. The SMILES string of the molecule is O=C(O)CC(Cc1c[nH]c2ccccc12)NCCNCCc1ccccc1. The van der Waals surface area contributed by atoms with E-state index in [4.69, 9.17) is 0 Å². The van der Waals surface area contributed by atoms with Gasteiger partial charge in [-0.2, -0.15) is 0 Å². The maximum Gasteiger partial charge on any atom is 0.304 e. The minimum absolute atomic E-state index is 0.0855. The van der Waals surface area contributed by atoms with Crippen LogP contribution in [0.25, 0.3) is 10.9 Å². The molecule has 1 heterocycles. The second-order valence-corrected chi connectivity index (χ2v) is 6.80. The first kappa shape index (κ1) is 19.1. The van der Waals surface area contributed by atoms with Crippen molar-refractivity contribution in [1.82, 2.24) is 15.6 Å². The van der Waals surface area contributed by atoms with Gasteiger partial charge in [-0.1, -0.05) is 48.5 Å². The van der Waals surface area contributed by atoms with Crippen LogP contribution in [0.3, 0.4) is 0 Å². The third-order valence-electron chi connectivity index (χ3n) is 4.73. The number of carboxylic acids is 1. The van der Waals surface area contributed by atoms with Crippen molar-refractivity contribution in [3.8, 4) is 0 Å². The highest BCUT2D eigenvalue weighted by atomic mass is 16.4. The standard InChI is InChI=1S/C22H27N3O2/c26-22(27)15-19(14-18-16-25-21-9-5-4-8-20(18)21)24-13-12-23-11-10-17-6-2-1-3-7-17/h1-9,16,19,23-25H,10-15H2,(H,26,27). The minimum atomic E-state index is -0.774. The monoisotopic (exact) mass is 365 g/mol. The molecule has 0 bridgehead atoms. The fraction of sp³-hybridized carbons (Fsp3) is 0.318. The summed E-state index contributed by atoms with van der Waals surface area (Å²) in [6.45, 7) is 2.48. The van der Waals surface area contributed by atoms with Gasteiger partial charge in [-0.25, -0.2) is 0 Å². The van der Waals surface area contributed by atoms with E-state index in [0.717, 1.165) is 42.5 Å². The van der Waals surface area contributed by atoms with Crippen molar-refractivity contribution in [1.29, 1.82) is 0 Å². The third kappa shape index (κ3) is 5.94. The van der Waals surface area contributed by atoms with Gasteiger partial charge in [0.2, 0.25) is 0 Å². The molecule has 0 aliphatic heterocycles. The molecule has 5 heteroatoms. The van der Waals surface area contributed by atoms with E-state index in [1.54, 1.807) is 0 Å². The van der Waals surface area contributed by atoms with E-state index < -0.39 is 5.97 Å². The van der Waals surface area contributed by atoms with Crippen molar-refractivity contribution < 1.29 is 9.90 Å². The number of fused-ring (bicyclic) bond motifs is 1. The highest BCUT2D eigenvalue weighted by Gasteiger charge is 2.15. The van der Waals surface area contributed by atoms with Crippen molar-refractivity contribution in [2.24, 2.45) is 0 Å². The van der Waals surface area contributed by atoms with E-state index in [1.807, 2.05) is 30.5 Å². The number of hydrogen-bond donors (Lipinski definition) is 4. The lowest BCUT2D eigenvalue weighted by Gasteiger charge is -2.17. The quantitative estimate of drug-likeness (QED) is 0.394. The fourth-order valence-corrected chi connectivity index (χ4v) is 3.36. The first-order valence-electron chi connectivity index (χ1n) is 9.47. The Hall–Kier alpha value is -2.63. The minimum Gasteiger partial charge on any atom is -0.481 e. The molecule has 0 amide bonds. The largest absolute Gasteiger partial charge is 0.481 e. The molecule has 0 saturated heterocycles. The van der Waals surface area contributed by atoms with Crippen LogP contribution < -0.4 is 10.6 Å². The van der Waals surface area contributed by atoms with Crippen LogP contribution in [-0.2, 0) is 17.6 Å². The maximum atomic E-state index is 11.2. The predicted molar refractivity (Wildman–Crippen MR) is 109 cm³/mol. The Morgan fingerprint density at radius 2 is 1.78 bits per heavy atom. The van der Waals surface area contributed by atoms with Gasteiger partial charge in [0.15, 0.2) is 0 Å². The molecule has 1 unspecified atom stereocenters. The molecule has 0 spiro atoms. The molecule has 1 aromatic heterocycles. The number of aromatic amines is 1. The average Bonchev–Trinajstić information content (AvgIpc) is 3.08. The smallest absolute Gasteiger partial charge is 0.304 e. The van der Waals surface area contributed by atoms with Crippen LogP contribution in [0.4, 0.5) is 0 Å². The Morgan fingerprint density at radius 1 is 1.00 bits per heavy atom. The lowest BCUT2D eigenvalue weighted by Crippen LogP contribution is -2.38. The Labute approximate surface area is 159 Å². The number of carbonyl (C=O) groups is 1. The van der Waals surface area contributed by atoms with Gasteiger partial charge in [-0.3, -0.25) is 4.79 Å². The summed E-state index contributed by atoms with van der Waals surface area (Å²) in [6.07, 6.45) is 3.79. The van der Waals surface area contributed by atoms with Crippen molar-refractivity contribution in [2.45, 2.75) is 25.3 Å². The number of rotatable bonds is 11. The summed E-state index contributed by atoms with van der Waals surface area (Å²) >= 11 is 0. The first-order valence-corrected chi connectivity index (χ1v) is 9.47. The first-order chi connectivity index (χ1) is 13.2. The normalized spacial score (nSPS) is 12.3. The molecule has 0 aliphatic rings. The zero-order chi connectivity index (χ0) is 18.9. The average molecular weight is 365 g/mol. The van der Waals surface area contributed by atoms with E-state index in [2.05, 4.69) is 45.9 Å². The van der Waals surface area contributed by atoms with Crippen molar-refractivity contribution in [2.75, 3.05) is 19.6 Å². The van der Waals surface area contributed by atoms with Gasteiger partial charge in [-0.05, 0) is 36.6 Å². The Bertz CT molecular complexity index is 845. The zero-order valence-corrected chi connectivity index (χ0v) is 15.4. The zero-order valence-electron chi connectivity index (χ0n) is 15.4. The Kier molecular flexibility index (Phi) is 7.02. The predicted octanol–water partition coefficient (Wildman–Crippen LogP) is 2.98. The molecule has 27 heavy (non-hydrogen) atoms. The Balaban J connectivity index is 1.45. The van der Waals surface area contributed by atoms with Crippen LogP contribution in [0.2, 0.25) is 0 Å².